The lowest BCUT2D eigenvalue weighted by Gasteiger charge is -2.04. The second-order valence-electron chi connectivity index (χ2n) is 5.79. The van der Waals surface area contributed by atoms with Gasteiger partial charge in [0.05, 0.1) is 5.75 Å². The minimum atomic E-state index is -0.0688. The number of nitrogens with one attached hydrogen (secondary N) is 1. The maximum absolute atomic E-state index is 11.9. The summed E-state index contributed by atoms with van der Waals surface area (Å²) in [5.41, 5.74) is 4.31. The number of aromatic nitrogens is 2. The van der Waals surface area contributed by atoms with Gasteiger partial charge < -0.3 is 9.73 Å². The highest BCUT2D eigenvalue weighted by atomic mass is 32.2. The Balaban J connectivity index is 1.49. The van der Waals surface area contributed by atoms with E-state index in [1.54, 1.807) is 0 Å². The van der Waals surface area contributed by atoms with Gasteiger partial charge in [-0.1, -0.05) is 59.3 Å². The zero-order valence-electron chi connectivity index (χ0n) is 14.2. The molecule has 25 heavy (non-hydrogen) atoms. The van der Waals surface area contributed by atoms with Crippen molar-refractivity contribution in [2.24, 2.45) is 0 Å². The Labute approximate surface area is 150 Å². The molecular formula is C19H19N3O2S. The maximum atomic E-state index is 11.9. The standard InChI is InChI=1S/C19H19N3O2S/c1-13-3-7-15(8-4-13)11-20-17(23)12-25-19-22-21-18(24-19)16-9-5-14(2)6-10-16/h3-10H,11-12H2,1-2H3,(H,20,23). The molecule has 1 amide bonds. The Bertz CT molecular complexity index is 842. The highest BCUT2D eigenvalue weighted by molar-refractivity contribution is 7.99. The first-order valence-corrected chi connectivity index (χ1v) is 8.94. The molecule has 0 aliphatic heterocycles. The molecule has 2 aromatic carbocycles. The van der Waals surface area contributed by atoms with Crippen LogP contribution in [0.5, 0.6) is 0 Å². The molecule has 0 atom stereocenters. The monoisotopic (exact) mass is 353 g/mol. The number of hydrogen-bond acceptors (Lipinski definition) is 5. The molecule has 1 N–H and O–H groups in total. The summed E-state index contributed by atoms with van der Waals surface area (Å²) >= 11 is 1.23. The number of rotatable bonds is 6. The Morgan fingerprint density at radius 1 is 1.00 bits per heavy atom. The van der Waals surface area contributed by atoms with Gasteiger partial charge in [0.2, 0.25) is 11.8 Å². The number of carbonyl (C=O) groups is 1. The number of benzene rings is 2. The molecule has 0 aliphatic rings. The Morgan fingerprint density at radius 3 is 2.32 bits per heavy atom. The first-order valence-electron chi connectivity index (χ1n) is 7.96. The van der Waals surface area contributed by atoms with Crippen LogP contribution >= 0.6 is 11.8 Å². The van der Waals surface area contributed by atoms with Gasteiger partial charge in [-0.15, -0.1) is 10.2 Å². The summed E-state index contributed by atoms with van der Waals surface area (Å²) in [5.74, 6) is 0.629. The fourth-order valence-electron chi connectivity index (χ4n) is 2.17. The Kier molecular flexibility index (Phi) is 5.50. The van der Waals surface area contributed by atoms with E-state index in [-0.39, 0.29) is 11.7 Å². The van der Waals surface area contributed by atoms with Crippen LogP contribution in [0.2, 0.25) is 0 Å². The van der Waals surface area contributed by atoms with Crippen LogP contribution in [0.1, 0.15) is 16.7 Å². The SMILES string of the molecule is Cc1ccc(CNC(=O)CSc2nnc(-c3ccc(C)cc3)o2)cc1. The lowest BCUT2D eigenvalue weighted by atomic mass is 10.1. The van der Waals surface area contributed by atoms with E-state index in [2.05, 4.69) is 15.5 Å². The van der Waals surface area contributed by atoms with Gasteiger partial charge in [0.1, 0.15) is 0 Å². The van der Waals surface area contributed by atoms with Crippen LogP contribution in [-0.2, 0) is 11.3 Å². The molecule has 1 heterocycles. The summed E-state index contributed by atoms with van der Waals surface area (Å²) < 4.78 is 5.60. The smallest absolute Gasteiger partial charge is 0.277 e. The predicted octanol–water partition coefficient (Wildman–Crippen LogP) is 3.76. The van der Waals surface area contributed by atoms with Gasteiger partial charge in [-0.05, 0) is 31.5 Å². The van der Waals surface area contributed by atoms with Crippen LogP contribution in [0.3, 0.4) is 0 Å². The molecule has 5 nitrogen and oxygen atoms in total. The third-order valence-corrected chi connectivity index (χ3v) is 4.46. The quantitative estimate of drug-likeness (QED) is 0.683. The van der Waals surface area contributed by atoms with Gasteiger partial charge in [-0.3, -0.25) is 4.79 Å². The zero-order valence-corrected chi connectivity index (χ0v) is 15.0. The second-order valence-corrected chi connectivity index (χ2v) is 6.72. The number of aryl methyl sites for hydroxylation is 2. The van der Waals surface area contributed by atoms with Gasteiger partial charge >= 0.3 is 0 Å². The lowest BCUT2D eigenvalue weighted by Crippen LogP contribution is -2.24. The van der Waals surface area contributed by atoms with Crippen molar-refractivity contribution in [1.29, 1.82) is 0 Å². The van der Waals surface area contributed by atoms with Crippen molar-refractivity contribution in [2.45, 2.75) is 25.6 Å². The molecule has 6 heteroatoms. The molecule has 0 fully saturated rings. The molecule has 128 valence electrons. The molecule has 0 saturated heterocycles. The van der Waals surface area contributed by atoms with E-state index in [1.807, 2.05) is 62.4 Å². The van der Waals surface area contributed by atoms with E-state index in [0.29, 0.717) is 17.7 Å². The number of nitrogens with zero attached hydrogens (tertiary/aromatic N) is 2. The highest BCUT2D eigenvalue weighted by Gasteiger charge is 2.11. The average molecular weight is 353 g/mol. The molecule has 0 aliphatic carbocycles. The van der Waals surface area contributed by atoms with Gasteiger partial charge in [0.15, 0.2) is 0 Å². The third-order valence-electron chi connectivity index (χ3n) is 3.64. The van der Waals surface area contributed by atoms with Gasteiger partial charge in [-0.25, -0.2) is 0 Å². The van der Waals surface area contributed by atoms with E-state index in [9.17, 15) is 4.79 Å². The molecule has 3 aromatic rings. The van der Waals surface area contributed by atoms with Crippen molar-refractivity contribution < 1.29 is 9.21 Å². The first-order chi connectivity index (χ1) is 12.1. The van der Waals surface area contributed by atoms with Gasteiger partial charge in [-0.2, -0.15) is 0 Å². The van der Waals surface area contributed by atoms with Crippen LogP contribution in [0.15, 0.2) is 58.2 Å². The second kappa shape index (κ2) is 7.98. The van der Waals surface area contributed by atoms with Crippen LogP contribution in [-0.4, -0.2) is 21.9 Å². The van der Waals surface area contributed by atoms with Crippen molar-refractivity contribution >= 4 is 17.7 Å². The molecule has 0 spiro atoms. The van der Waals surface area contributed by atoms with Crippen molar-refractivity contribution in [3.8, 4) is 11.5 Å². The largest absolute Gasteiger partial charge is 0.411 e. The minimum Gasteiger partial charge on any atom is -0.411 e. The van der Waals surface area contributed by atoms with Crippen molar-refractivity contribution in [3.63, 3.8) is 0 Å². The van der Waals surface area contributed by atoms with Crippen LogP contribution in [0.25, 0.3) is 11.5 Å². The molecular weight excluding hydrogens is 334 g/mol. The molecule has 0 unspecified atom stereocenters. The van der Waals surface area contributed by atoms with Crippen molar-refractivity contribution in [3.05, 3.63) is 65.2 Å². The topological polar surface area (TPSA) is 68.0 Å². The van der Waals surface area contributed by atoms with Crippen molar-refractivity contribution in [1.82, 2.24) is 15.5 Å². The maximum Gasteiger partial charge on any atom is 0.277 e. The Hall–Kier alpha value is -2.60. The van der Waals surface area contributed by atoms with Crippen LogP contribution in [0, 0.1) is 13.8 Å². The van der Waals surface area contributed by atoms with E-state index >= 15 is 0 Å². The zero-order chi connectivity index (χ0) is 17.6. The predicted molar refractivity (Wildman–Crippen MR) is 98.2 cm³/mol. The summed E-state index contributed by atoms with van der Waals surface area (Å²) in [7, 11) is 0. The fourth-order valence-corrected chi connectivity index (χ4v) is 2.76. The highest BCUT2D eigenvalue weighted by Crippen LogP contribution is 2.23. The summed E-state index contributed by atoms with van der Waals surface area (Å²) in [4.78, 5) is 11.9. The van der Waals surface area contributed by atoms with E-state index in [1.165, 1.54) is 22.9 Å². The lowest BCUT2D eigenvalue weighted by molar-refractivity contribution is -0.118. The summed E-state index contributed by atoms with van der Waals surface area (Å²) in [5, 5.41) is 11.3. The van der Waals surface area contributed by atoms with Gasteiger partial charge in [0, 0.05) is 12.1 Å². The fraction of sp³-hybridized carbons (Fsp3) is 0.211. The molecule has 3 rings (SSSR count). The van der Waals surface area contributed by atoms with Gasteiger partial charge in [0.25, 0.3) is 5.22 Å². The first kappa shape index (κ1) is 17.2. The molecule has 0 bridgehead atoms. The number of carbonyl (C=O) groups excluding carboxylic acids is 1. The molecule has 1 aromatic heterocycles. The molecule has 0 radical (unpaired) electrons. The normalized spacial score (nSPS) is 10.6. The Morgan fingerprint density at radius 2 is 1.64 bits per heavy atom. The van der Waals surface area contributed by atoms with E-state index < -0.39 is 0 Å². The van der Waals surface area contributed by atoms with E-state index in [4.69, 9.17) is 4.42 Å². The van der Waals surface area contributed by atoms with Crippen LogP contribution in [0.4, 0.5) is 0 Å². The van der Waals surface area contributed by atoms with E-state index in [0.717, 1.165) is 11.1 Å². The summed E-state index contributed by atoms with van der Waals surface area (Å²) in [6, 6.07) is 15.9. The number of thioether (sulfide) groups is 1. The average Bonchev–Trinajstić information content (AvgIpc) is 3.09. The summed E-state index contributed by atoms with van der Waals surface area (Å²) in [6.07, 6.45) is 0. The van der Waals surface area contributed by atoms with Crippen molar-refractivity contribution in [2.75, 3.05) is 5.75 Å². The minimum absolute atomic E-state index is 0.0688. The number of amides is 1. The molecule has 0 saturated carbocycles. The van der Waals surface area contributed by atoms with Crippen LogP contribution < -0.4 is 5.32 Å². The third kappa shape index (κ3) is 4.93. The summed E-state index contributed by atoms with van der Waals surface area (Å²) in [6.45, 7) is 4.57. The number of hydrogen-bond donors (Lipinski definition) is 1.